The van der Waals surface area contributed by atoms with Crippen LogP contribution in [-0.4, -0.2) is 18.4 Å². The molecular weight excluding hydrogens is 158 g/mol. The maximum absolute atomic E-state index is 11.2. The molecule has 64 valence electrons. The number of rotatable bonds is 0. The van der Waals surface area contributed by atoms with Crippen LogP contribution in [0.2, 0.25) is 0 Å². The third-order valence-corrected chi connectivity index (χ3v) is 2.03. The van der Waals surface area contributed by atoms with Crippen LogP contribution >= 0.6 is 0 Å². The van der Waals surface area contributed by atoms with Gasteiger partial charge in [0.15, 0.2) is 0 Å². The first-order valence-electron chi connectivity index (χ1n) is 3.96. The average molecular weight is 167 g/mol. The minimum atomic E-state index is -0.277. The molecule has 0 aromatic rings. The monoisotopic (exact) mass is 167 g/mol. The predicted molar refractivity (Wildman–Crippen MR) is 40.0 cm³/mol. The molecule has 1 N–H and O–H groups in total. The van der Waals surface area contributed by atoms with Crippen molar-refractivity contribution in [2.45, 2.75) is 19.3 Å². The number of imide groups is 1. The fourth-order valence-electron chi connectivity index (χ4n) is 1.46. The summed E-state index contributed by atoms with van der Waals surface area (Å²) in [6.07, 6.45) is 1.82. The molecule has 0 fully saturated rings. The Balaban J connectivity index is 2.32. The lowest BCUT2D eigenvalue weighted by Gasteiger charge is -2.23. The Morgan fingerprint density at radius 2 is 2.17 bits per heavy atom. The van der Waals surface area contributed by atoms with Gasteiger partial charge in [0.05, 0.1) is 18.6 Å². The summed E-state index contributed by atoms with van der Waals surface area (Å²) in [7, 11) is 0. The maximum atomic E-state index is 11.2. The third-order valence-electron chi connectivity index (χ3n) is 2.03. The van der Waals surface area contributed by atoms with Gasteiger partial charge in [0.25, 0.3) is 5.91 Å². The summed E-state index contributed by atoms with van der Waals surface area (Å²) in [5.74, 6) is 0.0385. The van der Waals surface area contributed by atoms with Crippen LogP contribution in [0.25, 0.3) is 0 Å². The number of carbonyl (C=O) groups is 2. The minimum Gasteiger partial charge on any atom is -0.497 e. The molecule has 0 unspecified atom stereocenters. The van der Waals surface area contributed by atoms with Gasteiger partial charge >= 0.3 is 0 Å². The Hall–Kier alpha value is -1.32. The van der Waals surface area contributed by atoms with E-state index in [0.717, 1.165) is 12.8 Å². The van der Waals surface area contributed by atoms with Crippen molar-refractivity contribution in [2.24, 2.45) is 0 Å². The molecule has 4 nitrogen and oxygen atoms in total. The predicted octanol–water partition coefficient (Wildman–Crippen LogP) is 0.0974. The molecular formula is C8H9NO3. The second-order valence-electron chi connectivity index (χ2n) is 2.91. The number of ether oxygens (including phenoxy) is 1. The minimum absolute atomic E-state index is 0.223. The Kier molecular flexibility index (Phi) is 1.60. The van der Waals surface area contributed by atoms with E-state index >= 15 is 0 Å². The van der Waals surface area contributed by atoms with Crippen molar-refractivity contribution in [1.82, 2.24) is 5.32 Å². The van der Waals surface area contributed by atoms with Gasteiger partial charge in [-0.05, 0) is 12.8 Å². The summed E-state index contributed by atoms with van der Waals surface area (Å²) >= 11 is 0. The van der Waals surface area contributed by atoms with E-state index in [9.17, 15) is 9.59 Å². The van der Waals surface area contributed by atoms with Crippen molar-refractivity contribution in [3.05, 3.63) is 11.3 Å². The van der Waals surface area contributed by atoms with Crippen molar-refractivity contribution in [3.63, 3.8) is 0 Å². The molecule has 0 aliphatic carbocycles. The first kappa shape index (κ1) is 7.34. The van der Waals surface area contributed by atoms with Crippen molar-refractivity contribution in [1.29, 1.82) is 0 Å². The molecule has 2 heterocycles. The summed E-state index contributed by atoms with van der Waals surface area (Å²) < 4.78 is 5.22. The van der Waals surface area contributed by atoms with Gasteiger partial charge in [-0.25, -0.2) is 0 Å². The smallest absolute Gasteiger partial charge is 0.257 e. The third kappa shape index (κ3) is 1.09. The Morgan fingerprint density at radius 3 is 3.00 bits per heavy atom. The van der Waals surface area contributed by atoms with Gasteiger partial charge in [-0.15, -0.1) is 0 Å². The molecule has 0 saturated carbocycles. The quantitative estimate of drug-likeness (QED) is 0.520. The van der Waals surface area contributed by atoms with E-state index in [4.69, 9.17) is 4.74 Å². The number of carbonyl (C=O) groups excluding carboxylic acids is 2. The lowest BCUT2D eigenvalue weighted by atomic mass is 10.0. The molecule has 0 spiro atoms. The summed E-state index contributed by atoms with van der Waals surface area (Å²) in [4.78, 5) is 22.1. The normalized spacial score (nSPS) is 23.0. The second kappa shape index (κ2) is 2.62. The highest BCUT2D eigenvalue weighted by Crippen LogP contribution is 2.24. The molecule has 0 aromatic heterocycles. The molecule has 2 rings (SSSR count). The highest BCUT2D eigenvalue weighted by Gasteiger charge is 2.28. The van der Waals surface area contributed by atoms with E-state index in [0.29, 0.717) is 17.9 Å². The maximum Gasteiger partial charge on any atom is 0.257 e. The van der Waals surface area contributed by atoms with Crippen LogP contribution in [0.1, 0.15) is 19.3 Å². The van der Waals surface area contributed by atoms with Crippen LogP contribution in [0.15, 0.2) is 11.3 Å². The molecule has 12 heavy (non-hydrogen) atoms. The first-order chi connectivity index (χ1) is 5.77. The lowest BCUT2D eigenvalue weighted by Crippen LogP contribution is -2.38. The van der Waals surface area contributed by atoms with E-state index in [-0.39, 0.29) is 18.2 Å². The van der Waals surface area contributed by atoms with Crippen LogP contribution in [0.4, 0.5) is 0 Å². The number of hydrogen-bond acceptors (Lipinski definition) is 3. The standard InChI is InChI=1S/C8H9NO3/c10-7-4-6-5(8(11)9-7)2-1-3-12-6/h1-4H2,(H,9,10,11). The van der Waals surface area contributed by atoms with Crippen LogP contribution in [0, 0.1) is 0 Å². The van der Waals surface area contributed by atoms with E-state index in [2.05, 4.69) is 5.32 Å². The number of amides is 2. The Labute approximate surface area is 69.6 Å². The van der Waals surface area contributed by atoms with E-state index < -0.39 is 0 Å². The molecule has 2 aliphatic heterocycles. The molecule has 0 aromatic carbocycles. The van der Waals surface area contributed by atoms with Gasteiger partial charge in [0.1, 0.15) is 5.76 Å². The van der Waals surface area contributed by atoms with Gasteiger partial charge in [0, 0.05) is 0 Å². The summed E-state index contributed by atoms with van der Waals surface area (Å²) in [6.45, 7) is 0.624. The van der Waals surface area contributed by atoms with Crippen molar-refractivity contribution >= 4 is 11.8 Å². The lowest BCUT2D eigenvalue weighted by molar-refractivity contribution is -0.130. The molecule has 0 atom stereocenters. The van der Waals surface area contributed by atoms with Gasteiger partial charge < -0.3 is 4.74 Å². The Morgan fingerprint density at radius 1 is 1.33 bits per heavy atom. The topological polar surface area (TPSA) is 55.4 Å². The molecule has 0 bridgehead atoms. The molecule has 2 aliphatic rings. The highest BCUT2D eigenvalue weighted by atomic mass is 16.5. The van der Waals surface area contributed by atoms with Crippen LogP contribution in [0.3, 0.4) is 0 Å². The van der Waals surface area contributed by atoms with Crippen molar-refractivity contribution in [2.75, 3.05) is 6.61 Å². The van der Waals surface area contributed by atoms with Crippen LogP contribution in [0.5, 0.6) is 0 Å². The number of hydrogen-bond donors (Lipinski definition) is 1. The largest absolute Gasteiger partial charge is 0.497 e. The van der Waals surface area contributed by atoms with E-state index in [1.807, 2.05) is 0 Å². The van der Waals surface area contributed by atoms with Gasteiger partial charge in [-0.1, -0.05) is 0 Å². The average Bonchev–Trinajstić information content (AvgIpc) is 2.04. The second-order valence-corrected chi connectivity index (χ2v) is 2.91. The zero-order chi connectivity index (χ0) is 8.55. The van der Waals surface area contributed by atoms with Gasteiger partial charge in [0.2, 0.25) is 5.91 Å². The number of nitrogens with one attached hydrogen (secondary N) is 1. The highest BCUT2D eigenvalue weighted by molar-refractivity contribution is 6.08. The molecule has 0 radical (unpaired) electrons. The van der Waals surface area contributed by atoms with Gasteiger partial charge in [-0.3, -0.25) is 14.9 Å². The molecule has 2 amide bonds. The first-order valence-corrected chi connectivity index (χ1v) is 3.96. The van der Waals surface area contributed by atoms with Crippen molar-refractivity contribution < 1.29 is 14.3 Å². The SMILES string of the molecule is O=C1CC2=C(CCCO2)C(=O)N1. The summed E-state index contributed by atoms with van der Waals surface area (Å²) in [5.41, 5.74) is 0.654. The molecule has 0 saturated heterocycles. The summed E-state index contributed by atoms with van der Waals surface area (Å²) in [6, 6.07) is 0. The van der Waals surface area contributed by atoms with Crippen LogP contribution in [-0.2, 0) is 14.3 Å². The Bertz CT molecular complexity index is 280. The van der Waals surface area contributed by atoms with Crippen LogP contribution < -0.4 is 5.32 Å². The van der Waals surface area contributed by atoms with E-state index in [1.54, 1.807) is 0 Å². The van der Waals surface area contributed by atoms with E-state index in [1.165, 1.54) is 0 Å². The zero-order valence-corrected chi connectivity index (χ0v) is 6.55. The zero-order valence-electron chi connectivity index (χ0n) is 6.55. The fourth-order valence-corrected chi connectivity index (χ4v) is 1.46. The molecule has 4 heteroatoms. The fraction of sp³-hybridized carbons (Fsp3) is 0.500. The summed E-state index contributed by atoms with van der Waals surface area (Å²) in [5, 5.41) is 2.26. The van der Waals surface area contributed by atoms with Crippen molar-refractivity contribution in [3.8, 4) is 0 Å². The van der Waals surface area contributed by atoms with Gasteiger partial charge in [-0.2, -0.15) is 0 Å².